The zero-order chi connectivity index (χ0) is 29.2. The maximum Gasteiger partial charge on any atom is 0.412 e. The van der Waals surface area contributed by atoms with Crippen LogP contribution in [0.15, 0.2) is 48.7 Å². The van der Waals surface area contributed by atoms with E-state index >= 15 is 0 Å². The summed E-state index contributed by atoms with van der Waals surface area (Å²) >= 11 is 0. The van der Waals surface area contributed by atoms with Crippen LogP contribution in [-0.2, 0) is 22.6 Å². The smallest absolute Gasteiger partial charge is 0.412 e. The summed E-state index contributed by atoms with van der Waals surface area (Å²) in [5, 5.41) is 5.50. The lowest BCUT2D eigenvalue weighted by molar-refractivity contribution is 0.0195. The van der Waals surface area contributed by atoms with Gasteiger partial charge in [-0.1, -0.05) is 18.2 Å². The van der Waals surface area contributed by atoms with Gasteiger partial charge in [0.2, 0.25) is 0 Å². The number of nitrogens with one attached hydrogen (secondary N) is 2. The molecule has 0 atom stereocenters. The van der Waals surface area contributed by atoms with Gasteiger partial charge in [-0.2, -0.15) is 0 Å². The van der Waals surface area contributed by atoms with Crippen molar-refractivity contribution in [3.05, 3.63) is 66.0 Å². The number of hydrogen-bond donors (Lipinski definition) is 2. The molecule has 10 nitrogen and oxygen atoms in total. The molecule has 40 heavy (non-hydrogen) atoms. The highest BCUT2D eigenvalue weighted by Crippen LogP contribution is 2.30. The number of benzene rings is 2. The molecule has 0 aliphatic carbocycles. The largest absolute Gasteiger partial charge is 0.444 e. The van der Waals surface area contributed by atoms with Gasteiger partial charge in [0.05, 0.1) is 17.9 Å². The maximum absolute atomic E-state index is 13.5. The molecule has 11 heteroatoms. The summed E-state index contributed by atoms with van der Waals surface area (Å²) in [5.41, 5.74) is 0.846. The number of carbonyl (C=O) groups is 3. The molecule has 1 aliphatic rings. The zero-order valence-electron chi connectivity index (χ0n) is 23.5. The number of amides is 3. The van der Waals surface area contributed by atoms with Crippen molar-refractivity contribution in [2.24, 2.45) is 0 Å². The van der Waals surface area contributed by atoms with E-state index in [1.54, 1.807) is 83.0 Å². The molecule has 0 unspecified atom stereocenters. The van der Waals surface area contributed by atoms with Gasteiger partial charge in [0, 0.05) is 19.3 Å². The molecule has 2 aromatic carbocycles. The van der Waals surface area contributed by atoms with Crippen molar-refractivity contribution >= 4 is 29.5 Å². The number of anilines is 2. The molecule has 0 saturated carbocycles. The molecule has 0 radical (unpaired) electrons. The Morgan fingerprint density at radius 2 is 1.50 bits per heavy atom. The van der Waals surface area contributed by atoms with E-state index < -0.39 is 29.3 Å². The number of aromatic nitrogens is 2. The van der Waals surface area contributed by atoms with Gasteiger partial charge < -0.3 is 19.4 Å². The highest BCUT2D eigenvalue weighted by Gasteiger charge is 2.28. The molecule has 2 N–H and O–H groups in total. The minimum absolute atomic E-state index is 0.149. The normalized spacial score (nSPS) is 13.3. The standard InChI is InChI=1S/C29H34FN5O5/c1-28(2,3)39-26(37)33-21-12-9-19(18-7-10-20(30)11-8-18)15-22(21)32-25(36)23-16-34-13-14-35(17-24(34)31-23)27(38)40-29(4,5)6/h7-12,15-16H,13-14,17H2,1-6H3,(H,32,36)(H,33,37). The molecule has 0 spiro atoms. The second-order valence-corrected chi connectivity index (χ2v) is 11.5. The van der Waals surface area contributed by atoms with Crippen molar-refractivity contribution in [3.8, 4) is 11.1 Å². The van der Waals surface area contributed by atoms with Crippen LogP contribution in [0, 0.1) is 5.82 Å². The molecular formula is C29H34FN5O5. The van der Waals surface area contributed by atoms with Crippen LogP contribution >= 0.6 is 0 Å². The Bertz CT molecular complexity index is 1420. The van der Waals surface area contributed by atoms with Crippen LogP contribution in [0.1, 0.15) is 57.9 Å². The van der Waals surface area contributed by atoms with Crippen LogP contribution in [0.2, 0.25) is 0 Å². The monoisotopic (exact) mass is 551 g/mol. The third kappa shape index (κ3) is 7.37. The number of ether oxygens (including phenoxy) is 2. The molecule has 0 saturated heterocycles. The fourth-order valence-corrected chi connectivity index (χ4v) is 4.02. The maximum atomic E-state index is 13.5. The van der Waals surface area contributed by atoms with Crippen LogP contribution in [0.5, 0.6) is 0 Å². The first-order chi connectivity index (χ1) is 18.7. The summed E-state index contributed by atoms with van der Waals surface area (Å²) in [7, 11) is 0. The van der Waals surface area contributed by atoms with Gasteiger partial charge in [-0.05, 0) is 76.9 Å². The van der Waals surface area contributed by atoms with Gasteiger partial charge in [0.15, 0.2) is 0 Å². The number of fused-ring (bicyclic) bond motifs is 1. The third-order valence-electron chi connectivity index (χ3n) is 5.77. The van der Waals surface area contributed by atoms with Crippen LogP contribution in [0.25, 0.3) is 11.1 Å². The van der Waals surface area contributed by atoms with Gasteiger partial charge >= 0.3 is 12.2 Å². The molecule has 1 aliphatic heterocycles. The Kier molecular flexibility index (Phi) is 7.86. The summed E-state index contributed by atoms with van der Waals surface area (Å²) in [6.45, 7) is 11.7. The van der Waals surface area contributed by atoms with Crippen molar-refractivity contribution in [2.45, 2.75) is 65.8 Å². The van der Waals surface area contributed by atoms with Crippen LogP contribution in [0.3, 0.4) is 0 Å². The molecule has 4 rings (SSSR count). The van der Waals surface area contributed by atoms with E-state index in [9.17, 15) is 18.8 Å². The molecule has 212 valence electrons. The molecule has 2 heterocycles. The SMILES string of the molecule is CC(C)(C)OC(=O)Nc1ccc(-c2ccc(F)cc2)cc1NC(=O)c1cn2c(n1)CN(C(=O)OC(C)(C)C)CC2. The van der Waals surface area contributed by atoms with Crippen molar-refractivity contribution < 1.29 is 28.2 Å². The second-order valence-electron chi connectivity index (χ2n) is 11.5. The van der Waals surface area contributed by atoms with E-state index in [1.807, 2.05) is 4.57 Å². The zero-order valence-corrected chi connectivity index (χ0v) is 23.5. The number of imidazole rings is 1. The van der Waals surface area contributed by atoms with Gasteiger partial charge in [-0.3, -0.25) is 15.0 Å². The quantitative estimate of drug-likeness (QED) is 0.409. The lowest BCUT2D eigenvalue weighted by atomic mass is 10.0. The summed E-state index contributed by atoms with van der Waals surface area (Å²) < 4.78 is 26.1. The lowest BCUT2D eigenvalue weighted by Crippen LogP contribution is -2.41. The number of halogens is 1. The highest BCUT2D eigenvalue weighted by atomic mass is 19.1. The minimum Gasteiger partial charge on any atom is -0.444 e. The highest BCUT2D eigenvalue weighted by molar-refractivity contribution is 6.06. The summed E-state index contributed by atoms with van der Waals surface area (Å²) in [4.78, 5) is 44.3. The fourth-order valence-electron chi connectivity index (χ4n) is 4.02. The van der Waals surface area contributed by atoms with Crippen molar-refractivity contribution in [3.63, 3.8) is 0 Å². The van der Waals surface area contributed by atoms with E-state index in [1.165, 1.54) is 12.1 Å². The van der Waals surface area contributed by atoms with E-state index in [4.69, 9.17) is 9.47 Å². The minimum atomic E-state index is -0.718. The van der Waals surface area contributed by atoms with Crippen LogP contribution in [-0.4, -0.2) is 50.3 Å². The van der Waals surface area contributed by atoms with E-state index in [0.717, 1.165) is 5.56 Å². The molecule has 3 amide bonds. The van der Waals surface area contributed by atoms with Crippen molar-refractivity contribution in [2.75, 3.05) is 17.2 Å². The van der Waals surface area contributed by atoms with Crippen molar-refractivity contribution in [1.29, 1.82) is 0 Å². The predicted octanol–water partition coefficient (Wildman–Crippen LogP) is 6.04. The fraction of sp³-hybridized carbons (Fsp3) is 0.379. The molecular weight excluding hydrogens is 517 g/mol. The Morgan fingerprint density at radius 3 is 2.15 bits per heavy atom. The average molecular weight is 552 g/mol. The summed E-state index contributed by atoms with van der Waals surface area (Å²) in [6, 6.07) is 11.0. The topological polar surface area (TPSA) is 115 Å². The van der Waals surface area contributed by atoms with E-state index in [0.29, 0.717) is 35.9 Å². The van der Waals surface area contributed by atoms with Gasteiger partial charge in [0.25, 0.3) is 5.91 Å². The average Bonchev–Trinajstić information content (AvgIpc) is 3.27. The Balaban J connectivity index is 1.57. The molecule has 3 aromatic rings. The van der Waals surface area contributed by atoms with E-state index in [-0.39, 0.29) is 18.1 Å². The van der Waals surface area contributed by atoms with Gasteiger partial charge in [-0.15, -0.1) is 0 Å². The number of nitrogens with zero attached hydrogens (tertiary/aromatic N) is 3. The number of hydrogen-bond acceptors (Lipinski definition) is 6. The molecule has 1 aromatic heterocycles. The van der Waals surface area contributed by atoms with Crippen LogP contribution in [0.4, 0.5) is 25.4 Å². The Hall–Kier alpha value is -4.41. The predicted molar refractivity (Wildman–Crippen MR) is 149 cm³/mol. The number of carbonyl (C=O) groups excluding carboxylic acids is 3. The van der Waals surface area contributed by atoms with Crippen LogP contribution < -0.4 is 10.6 Å². The molecule has 0 fully saturated rings. The van der Waals surface area contributed by atoms with Gasteiger partial charge in [-0.25, -0.2) is 19.0 Å². The Morgan fingerprint density at radius 1 is 0.850 bits per heavy atom. The third-order valence-corrected chi connectivity index (χ3v) is 5.77. The van der Waals surface area contributed by atoms with Crippen molar-refractivity contribution in [1.82, 2.24) is 14.5 Å². The van der Waals surface area contributed by atoms with E-state index in [2.05, 4.69) is 15.6 Å². The number of rotatable bonds is 4. The summed E-state index contributed by atoms with van der Waals surface area (Å²) in [5.74, 6) is -0.321. The first-order valence-corrected chi connectivity index (χ1v) is 12.9. The first-order valence-electron chi connectivity index (χ1n) is 12.9. The van der Waals surface area contributed by atoms with Gasteiger partial charge in [0.1, 0.15) is 28.5 Å². The first kappa shape index (κ1) is 28.6. The second kappa shape index (κ2) is 11.0. The lowest BCUT2D eigenvalue weighted by Gasteiger charge is -2.30. The summed E-state index contributed by atoms with van der Waals surface area (Å²) in [6.07, 6.45) is 0.502. The Labute approximate surface area is 232 Å². The molecule has 0 bridgehead atoms.